The first-order valence-corrected chi connectivity index (χ1v) is 12.9. The van der Waals surface area contributed by atoms with Crippen molar-refractivity contribution >= 4 is 22.3 Å². The lowest BCUT2D eigenvalue weighted by atomic mass is 9.83. The highest BCUT2D eigenvalue weighted by Crippen LogP contribution is 2.38. The standard InChI is InChI=1S/C27H27N3O4S/c1-3-17-8-19-25(33)21(27-28-15(2)14-35-27)13-34-26(19)20(24(17)32)12-29-9-16-7-18(11-29)22-5-4-6-23(31)30(22)10-16/h4-6,8,13-14,16,18,32H,3,7,9-12H2,1-2H3/t16-,18-/m1/s1. The molecular weight excluding hydrogens is 462 g/mol. The van der Waals surface area contributed by atoms with Crippen LogP contribution < -0.4 is 11.0 Å². The zero-order valence-corrected chi connectivity index (χ0v) is 20.6. The van der Waals surface area contributed by atoms with Crippen LogP contribution in [0.15, 0.2) is 49.9 Å². The Labute approximate surface area is 206 Å². The average molecular weight is 490 g/mol. The van der Waals surface area contributed by atoms with Gasteiger partial charge in [0, 0.05) is 54.9 Å². The van der Waals surface area contributed by atoms with Crippen LogP contribution in [0.5, 0.6) is 5.75 Å². The summed E-state index contributed by atoms with van der Waals surface area (Å²) in [4.78, 5) is 32.6. The average Bonchev–Trinajstić information content (AvgIpc) is 3.27. The third-order valence-electron chi connectivity index (χ3n) is 7.38. The van der Waals surface area contributed by atoms with E-state index >= 15 is 0 Å². The third kappa shape index (κ3) is 3.72. The van der Waals surface area contributed by atoms with E-state index in [1.54, 1.807) is 12.1 Å². The Morgan fingerprint density at radius 1 is 1.23 bits per heavy atom. The second kappa shape index (κ2) is 8.46. The Bertz CT molecular complexity index is 1570. The predicted molar refractivity (Wildman–Crippen MR) is 136 cm³/mol. The van der Waals surface area contributed by atoms with Crippen molar-refractivity contribution in [2.75, 3.05) is 13.1 Å². The molecule has 0 saturated carbocycles. The number of benzene rings is 1. The molecule has 0 aliphatic carbocycles. The molecule has 0 amide bonds. The van der Waals surface area contributed by atoms with Crippen molar-refractivity contribution in [1.82, 2.24) is 14.5 Å². The highest BCUT2D eigenvalue weighted by Gasteiger charge is 2.35. The van der Waals surface area contributed by atoms with Crippen LogP contribution in [0.2, 0.25) is 0 Å². The Kier molecular flexibility index (Phi) is 5.38. The fourth-order valence-corrected chi connectivity index (χ4v) is 6.58. The molecule has 1 N–H and O–H groups in total. The van der Waals surface area contributed by atoms with Crippen LogP contribution in [-0.4, -0.2) is 32.6 Å². The number of aryl methyl sites for hydroxylation is 2. The van der Waals surface area contributed by atoms with E-state index < -0.39 is 0 Å². The molecule has 2 bridgehead atoms. The number of piperidine rings is 1. The van der Waals surface area contributed by atoms with Crippen LogP contribution in [-0.2, 0) is 19.5 Å². The minimum absolute atomic E-state index is 0.0675. The summed E-state index contributed by atoms with van der Waals surface area (Å²) in [6.07, 6.45) is 3.15. The summed E-state index contributed by atoms with van der Waals surface area (Å²) in [5.41, 5.74) is 4.18. The summed E-state index contributed by atoms with van der Waals surface area (Å²) >= 11 is 1.42. The van der Waals surface area contributed by atoms with Crippen molar-refractivity contribution in [3.8, 4) is 16.3 Å². The largest absolute Gasteiger partial charge is 0.507 e. The zero-order chi connectivity index (χ0) is 24.3. The van der Waals surface area contributed by atoms with Crippen molar-refractivity contribution in [3.05, 3.63) is 79.0 Å². The third-order valence-corrected chi connectivity index (χ3v) is 8.37. The minimum atomic E-state index is -0.125. The highest BCUT2D eigenvalue weighted by molar-refractivity contribution is 7.13. The van der Waals surface area contributed by atoms with Crippen LogP contribution in [0.1, 0.15) is 41.8 Å². The van der Waals surface area contributed by atoms with Crippen LogP contribution in [0, 0.1) is 12.8 Å². The minimum Gasteiger partial charge on any atom is -0.507 e. The van der Waals surface area contributed by atoms with Gasteiger partial charge in [-0.3, -0.25) is 14.5 Å². The molecule has 0 unspecified atom stereocenters. The van der Waals surface area contributed by atoms with E-state index in [4.69, 9.17) is 4.42 Å². The fraction of sp³-hybridized carbons (Fsp3) is 0.370. The van der Waals surface area contributed by atoms with Crippen LogP contribution in [0.3, 0.4) is 0 Å². The van der Waals surface area contributed by atoms with Crippen molar-refractivity contribution in [1.29, 1.82) is 0 Å². The van der Waals surface area contributed by atoms with Gasteiger partial charge in [0.25, 0.3) is 5.56 Å². The summed E-state index contributed by atoms with van der Waals surface area (Å²) < 4.78 is 7.96. The summed E-state index contributed by atoms with van der Waals surface area (Å²) in [5.74, 6) is 0.843. The number of thiazole rings is 1. The number of likely N-dealkylation sites (tertiary alicyclic amines) is 1. The second-order valence-corrected chi connectivity index (χ2v) is 10.6. The summed E-state index contributed by atoms with van der Waals surface area (Å²) in [5, 5.41) is 14.2. The van der Waals surface area contributed by atoms with E-state index in [1.807, 2.05) is 29.9 Å². The molecule has 0 spiro atoms. The lowest BCUT2D eigenvalue weighted by Crippen LogP contribution is -2.46. The molecule has 0 radical (unpaired) electrons. The molecule has 4 aromatic rings. The van der Waals surface area contributed by atoms with Gasteiger partial charge in [0.1, 0.15) is 22.6 Å². The first kappa shape index (κ1) is 22.2. The van der Waals surface area contributed by atoms with Gasteiger partial charge in [-0.25, -0.2) is 4.98 Å². The number of aromatic hydroxyl groups is 1. The number of fused-ring (bicyclic) bond motifs is 5. The van der Waals surface area contributed by atoms with Crippen LogP contribution in [0.25, 0.3) is 21.5 Å². The van der Waals surface area contributed by atoms with Crippen molar-refractivity contribution in [2.24, 2.45) is 5.92 Å². The van der Waals surface area contributed by atoms with Crippen molar-refractivity contribution in [2.45, 2.75) is 45.7 Å². The first-order valence-electron chi connectivity index (χ1n) is 12.1. The number of nitrogens with zero attached hydrogens (tertiary/aromatic N) is 3. The van der Waals surface area contributed by atoms with Crippen LogP contribution in [0.4, 0.5) is 0 Å². The topological polar surface area (TPSA) is 88.6 Å². The molecule has 2 atom stereocenters. The molecule has 1 fully saturated rings. The van der Waals surface area contributed by atoms with Gasteiger partial charge in [-0.05, 0) is 43.4 Å². The Morgan fingerprint density at radius 3 is 2.86 bits per heavy atom. The molecular formula is C27H27N3O4S. The normalized spacial score (nSPS) is 19.7. The van der Waals surface area contributed by atoms with Crippen molar-refractivity contribution in [3.63, 3.8) is 0 Å². The lowest BCUT2D eigenvalue weighted by Gasteiger charge is -2.42. The van der Waals surface area contributed by atoms with Crippen LogP contribution >= 0.6 is 11.3 Å². The van der Waals surface area contributed by atoms with Gasteiger partial charge in [0.05, 0.1) is 16.5 Å². The van der Waals surface area contributed by atoms with Crippen molar-refractivity contribution < 1.29 is 9.52 Å². The first-order chi connectivity index (χ1) is 16.9. The Hall–Kier alpha value is -3.23. The number of aromatic nitrogens is 2. The van der Waals surface area contributed by atoms with Gasteiger partial charge in [-0.1, -0.05) is 13.0 Å². The van der Waals surface area contributed by atoms with E-state index in [1.165, 1.54) is 17.6 Å². The van der Waals surface area contributed by atoms with E-state index in [-0.39, 0.29) is 22.7 Å². The van der Waals surface area contributed by atoms with Gasteiger partial charge in [-0.15, -0.1) is 11.3 Å². The smallest absolute Gasteiger partial charge is 0.250 e. The fourth-order valence-electron chi connectivity index (χ4n) is 5.78. The molecule has 1 aromatic carbocycles. The predicted octanol–water partition coefficient (Wildman–Crippen LogP) is 4.27. The Morgan fingerprint density at radius 2 is 2.09 bits per heavy atom. The maximum absolute atomic E-state index is 13.5. The summed E-state index contributed by atoms with van der Waals surface area (Å²) in [7, 11) is 0. The number of phenolic OH excluding ortho intramolecular Hbond substituents is 1. The van der Waals surface area contributed by atoms with E-state index in [0.29, 0.717) is 46.0 Å². The number of hydrogen-bond acceptors (Lipinski definition) is 7. The number of rotatable bonds is 4. The van der Waals surface area contributed by atoms with Gasteiger partial charge >= 0.3 is 0 Å². The SMILES string of the molecule is CCc1cc2c(=O)c(-c3nc(C)cs3)coc2c(CN2C[C@H]3C[C@H](C2)c2cccc(=O)n2C3)c1O. The molecule has 5 heterocycles. The van der Waals surface area contributed by atoms with E-state index in [0.717, 1.165) is 43.0 Å². The molecule has 2 aliphatic rings. The van der Waals surface area contributed by atoms with Gasteiger partial charge < -0.3 is 14.1 Å². The van der Waals surface area contributed by atoms with E-state index in [2.05, 4.69) is 16.0 Å². The molecule has 180 valence electrons. The highest BCUT2D eigenvalue weighted by atomic mass is 32.1. The molecule has 35 heavy (non-hydrogen) atoms. The molecule has 3 aromatic heterocycles. The number of hydrogen-bond donors (Lipinski definition) is 1. The second-order valence-electron chi connectivity index (χ2n) is 9.76. The monoisotopic (exact) mass is 489 g/mol. The number of pyridine rings is 1. The van der Waals surface area contributed by atoms with E-state index in [9.17, 15) is 14.7 Å². The van der Waals surface area contributed by atoms with Gasteiger partial charge in [0.15, 0.2) is 0 Å². The molecule has 1 saturated heterocycles. The molecule has 7 nitrogen and oxygen atoms in total. The molecule has 2 aliphatic heterocycles. The summed E-state index contributed by atoms with van der Waals surface area (Å²) in [6.45, 7) is 6.69. The van der Waals surface area contributed by atoms with Gasteiger partial charge in [0.2, 0.25) is 5.43 Å². The zero-order valence-electron chi connectivity index (χ0n) is 19.8. The maximum Gasteiger partial charge on any atom is 0.250 e. The lowest BCUT2D eigenvalue weighted by molar-refractivity contribution is 0.113. The maximum atomic E-state index is 13.5. The Balaban J connectivity index is 1.40. The molecule has 8 heteroatoms. The van der Waals surface area contributed by atoms with Gasteiger partial charge in [-0.2, -0.15) is 0 Å². The summed E-state index contributed by atoms with van der Waals surface area (Å²) in [6, 6.07) is 7.29. The molecule has 6 rings (SSSR count). The quantitative estimate of drug-likeness (QED) is 0.461. The number of phenols is 1.